The number of ether oxygens (including phenoxy) is 1. The molecule has 0 unspecified atom stereocenters. The molecule has 2 amide bonds. The van der Waals surface area contributed by atoms with Crippen LogP contribution in [0.3, 0.4) is 0 Å². The van der Waals surface area contributed by atoms with E-state index in [4.69, 9.17) is 21.2 Å². The van der Waals surface area contributed by atoms with Crippen LogP contribution in [0.4, 0.5) is 11.4 Å². The zero-order valence-corrected chi connectivity index (χ0v) is 18.2. The van der Waals surface area contributed by atoms with Crippen molar-refractivity contribution in [1.29, 1.82) is 0 Å². The van der Waals surface area contributed by atoms with Crippen LogP contribution in [0.5, 0.6) is 5.75 Å². The predicted molar refractivity (Wildman–Crippen MR) is 120 cm³/mol. The van der Waals surface area contributed by atoms with Gasteiger partial charge in [-0.15, -0.1) is 0 Å². The van der Waals surface area contributed by atoms with Crippen LogP contribution in [0.25, 0.3) is 0 Å². The number of amides is 2. The number of hydrogen-bond acceptors (Lipinski definition) is 7. The molecular formula is C24H18ClN3O5. The summed E-state index contributed by atoms with van der Waals surface area (Å²) in [6, 6.07) is 16.2. The Balaban J connectivity index is 1.51. The van der Waals surface area contributed by atoms with Gasteiger partial charge in [0.15, 0.2) is 6.10 Å². The number of rotatable bonds is 4. The number of pyridine rings is 1. The number of imide groups is 1. The van der Waals surface area contributed by atoms with Crippen molar-refractivity contribution in [2.75, 3.05) is 9.96 Å². The maximum absolute atomic E-state index is 13.6. The summed E-state index contributed by atoms with van der Waals surface area (Å²) < 4.78 is 5.03. The molecule has 166 valence electrons. The number of anilines is 2. The van der Waals surface area contributed by atoms with Crippen LogP contribution < -0.4 is 14.7 Å². The molecule has 0 aliphatic carbocycles. The van der Waals surface area contributed by atoms with Crippen molar-refractivity contribution >= 4 is 40.8 Å². The van der Waals surface area contributed by atoms with E-state index in [9.17, 15) is 14.4 Å². The maximum Gasteiger partial charge on any atom is 0.308 e. The van der Waals surface area contributed by atoms with Gasteiger partial charge in [-0.2, -0.15) is 0 Å². The van der Waals surface area contributed by atoms with E-state index in [0.29, 0.717) is 22.1 Å². The number of halogens is 1. The van der Waals surface area contributed by atoms with Gasteiger partial charge in [-0.25, -0.2) is 9.96 Å². The van der Waals surface area contributed by atoms with Gasteiger partial charge in [0.1, 0.15) is 11.7 Å². The third kappa shape index (κ3) is 3.73. The highest BCUT2D eigenvalue weighted by Crippen LogP contribution is 2.47. The molecule has 0 bridgehead atoms. The van der Waals surface area contributed by atoms with Gasteiger partial charge in [0.25, 0.3) is 5.91 Å². The van der Waals surface area contributed by atoms with Crippen molar-refractivity contribution in [1.82, 2.24) is 4.98 Å². The molecule has 1 aromatic heterocycles. The molecular weight excluding hydrogens is 446 g/mol. The van der Waals surface area contributed by atoms with Crippen LogP contribution in [0, 0.1) is 5.92 Å². The van der Waals surface area contributed by atoms with Crippen molar-refractivity contribution in [3.05, 3.63) is 83.6 Å². The van der Waals surface area contributed by atoms with Gasteiger partial charge in [-0.05, 0) is 66.2 Å². The van der Waals surface area contributed by atoms with E-state index in [-0.39, 0.29) is 5.91 Å². The minimum absolute atomic E-state index is 0.324. The number of carbonyl (C=O) groups is 3. The van der Waals surface area contributed by atoms with Crippen molar-refractivity contribution in [3.63, 3.8) is 0 Å². The van der Waals surface area contributed by atoms with Gasteiger partial charge < -0.3 is 4.74 Å². The number of hydrogen-bond donors (Lipinski definition) is 0. The largest absolute Gasteiger partial charge is 0.427 e. The molecule has 9 heteroatoms. The normalized spacial score (nSPS) is 21.9. The number of carbonyl (C=O) groups excluding carboxylic acids is 3. The number of nitrogens with zero attached hydrogens (tertiary/aromatic N) is 3. The van der Waals surface area contributed by atoms with Crippen LogP contribution in [-0.4, -0.2) is 28.9 Å². The predicted octanol–water partition coefficient (Wildman–Crippen LogP) is 3.71. The monoisotopic (exact) mass is 463 g/mol. The molecule has 0 radical (unpaired) electrons. The van der Waals surface area contributed by atoms with E-state index >= 15 is 0 Å². The van der Waals surface area contributed by atoms with E-state index in [1.165, 1.54) is 19.1 Å². The molecule has 3 heterocycles. The molecule has 2 aliphatic rings. The highest BCUT2D eigenvalue weighted by Gasteiger charge is 2.60. The molecule has 0 saturated carbocycles. The average Bonchev–Trinajstić information content (AvgIpc) is 3.31. The summed E-state index contributed by atoms with van der Waals surface area (Å²) in [5.41, 5.74) is 1.85. The van der Waals surface area contributed by atoms with Gasteiger partial charge >= 0.3 is 5.97 Å². The van der Waals surface area contributed by atoms with Crippen molar-refractivity contribution < 1.29 is 24.0 Å². The van der Waals surface area contributed by atoms with Crippen LogP contribution in [0.15, 0.2) is 73.1 Å². The summed E-state index contributed by atoms with van der Waals surface area (Å²) in [6.07, 6.45) is 2.28. The number of hydroxylamine groups is 1. The molecule has 8 nitrogen and oxygen atoms in total. The summed E-state index contributed by atoms with van der Waals surface area (Å²) in [4.78, 5) is 49.3. The highest BCUT2D eigenvalue weighted by molar-refractivity contribution is 6.30. The summed E-state index contributed by atoms with van der Waals surface area (Å²) in [7, 11) is 0. The first-order chi connectivity index (χ1) is 15.9. The summed E-state index contributed by atoms with van der Waals surface area (Å²) >= 11 is 6.03. The molecule has 2 aliphatic heterocycles. The molecule has 3 atom stereocenters. The Hall–Kier alpha value is -3.75. The topological polar surface area (TPSA) is 89.0 Å². The maximum atomic E-state index is 13.6. The van der Waals surface area contributed by atoms with Crippen molar-refractivity contribution in [2.24, 2.45) is 5.92 Å². The third-order valence-electron chi connectivity index (χ3n) is 5.60. The standard InChI is InChI=1S/C24H18ClN3O5/c1-14(29)32-19-8-6-17(7-9-19)27-23(30)20-21(15-10-12-26-13-11-15)28(33-22(20)24(27)31)18-4-2-16(25)3-5-18/h2-13,20-22H,1H3/t20-,21-,22-/m1/s1. The van der Waals surface area contributed by atoms with Crippen LogP contribution in [0.2, 0.25) is 5.02 Å². The van der Waals surface area contributed by atoms with Crippen LogP contribution >= 0.6 is 11.6 Å². The second kappa shape index (κ2) is 8.31. The first kappa shape index (κ1) is 21.1. The van der Waals surface area contributed by atoms with Gasteiger partial charge in [0, 0.05) is 24.3 Å². The van der Waals surface area contributed by atoms with E-state index < -0.39 is 29.9 Å². The van der Waals surface area contributed by atoms with Crippen molar-refractivity contribution in [2.45, 2.75) is 19.1 Å². The number of aromatic nitrogens is 1. The van der Waals surface area contributed by atoms with Gasteiger partial charge in [0.2, 0.25) is 5.91 Å². The average molecular weight is 464 g/mol. The smallest absolute Gasteiger partial charge is 0.308 e. The summed E-state index contributed by atoms with van der Waals surface area (Å²) in [5, 5.41) is 2.16. The highest BCUT2D eigenvalue weighted by atomic mass is 35.5. The van der Waals surface area contributed by atoms with Gasteiger partial charge in [-0.1, -0.05) is 11.6 Å². The zero-order chi connectivity index (χ0) is 23.1. The summed E-state index contributed by atoms with van der Waals surface area (Å²) in [6.45, 7) is 1.30. The van der Waals surface area contributed by atoms with E-state index in [1.807, 2.05) is 0 Å². The Morgan fingerprint density at radius 3 is 2.21 bits per heavy atom. The molecule has 0 N–H and O–H groups in total. The van der Waals surface area contributed by atoms with Gasteiger partial charge in [-0.3, -0.25) is 24.2 Å². The lowest BCUT2D eigenvalue weighted by Crippen LogP contribution is -2.37. The lowest BCUT2D eigenvalue weighted by molar-refractivity contribution is -0.132. The lowest BCUT2D eigenvalue weighted by atomic mass is 9.91. The fraction of sp³-hybridized carbons (Fsp3) is 0.167. The minimum Gasteiger partial charge on any atom is -0.427 e. The Morgan fingerprint density at radius 2 is 1.58 bits per heavy atom. The molecule has 0 spiro atoms. The Morgan fingerprint density at radius 1 is 0.939 bits per heavy atom. The van der Waals surface area contributed by atoms with Crippen molar-refractivity contribution in [3.8, 4) is 5.75 Å². The second-order valence-electron chi connectivity index (χ2n) is 7.68. The first-order valence-corrected chi connectivity index (χ1v) is 10.6. The fourth-order valence-corrected chi connectivity index (χ4v) is 4.34. The van der Waals surface area contributed by atoms with Gasteiger partial charge in [0.05, 0.1) is 17.4 Å². The number of benzene rings is 2. The van der Waals surface area contributed by atoms with E-state index in [1.54, 1.807) is 66.0 Å². The minimum atomic E-state index is -0.987. The van der Waals surface area contributed by atoms with Crippen LogP contribution in [0.1, 0.15) is 18.5 Å². The quantitative estimate of drug-likeness (QED) is 0.331. The lowest BCUT2D eigenvalue weighted by Gasteiger charge is -2.28. The summed E-state index contributed by atoms with van der Waals surface area (Å²) in [5.74, 6) is -1.72. The number of esters is 1. The molecule has 5 rings (SSSR count). The SMILES string of the molecule is CC(=O)Oc1ccc(N2C(=O)[C@@H]3[C@@H](c4ccncc4)N(c4ccc(Cl)cc4)O[C@H]3C2=O)cc1. The Kier molecular flexibility index (Phi) is 5.32. The molecule has 33 heavy (non-hydrogen) atoms. The second-order valence-corrected chi connectivity index (χ2v) is 8.12. The Bertz CT molecular complexity index is 1220. The third-order valence-corrected chi connectivity index (χ3v) is 5.85. The van der Waals surface area contributed by atoms with Crippen LogP contribution in [-0.2, 0) is 19.2 Å². The Labute approximate surface area is 194 Å². The number of fused-ring (bicyclic) bond motifs is 1. The fourth-order valence-electron chi connectivity index (χ4n) is 4.21. The molecule has 3 aromatic rings. The van der Waals surface area contributed by atoms with E-state index in [0.717, 1.165) is 10.5 Å². The van der Waals surface area contributed by atoms with E-state index in [2.05, 4.69) is 4.98 Å². The first-order valence-electron chi connectivity index (χ1n) is 10.2. The molecule has 2 fully saturated rings. The molecule has 2 saturated heterocycles. The molecule has 2 aromatic carbocycles. The zero-order valence-electron chi connectivity index (χ0n) is 17.4.